The van der Waals surface area contributed by atoms with Gasteiger partial charge in [0.15, 0.2) is 5.65 Å². The van der Waals surface area contributed by atoms with Crippen LogP contribution in [0.5, 0.6) is 0 Å². The molecule has 0 spiro atoms. The van der Waals surface area contributed by atoms with Crippen LogP contribution in [0.4, 0.5) is 0 Å². The zero-order valence-electron chi connectivity index (χ0n) is 19.6. The van der Waals surface area contributed by atoms with Crippen LogP contribution in [0.1, 0.15) is 67.5 Å². The Hall–Kier alpha value is -2.67. The molecule has 7 heteroatoms. The highest BCUT2D eigenvalue weighted by Crippen LogP contribution is 2.32. The predicted molar refractivity (Wildman–Crippen MR) is 125 cm³/mol. The van der Waals surface area contributed by atoms with Gasteiger partial charge in [-0.15, -0.1) is 0 Å². The molecule has 1 amide bonds. The summed E-state index contributed by atoms with van der Waals surface area (Å²) in [6.45, 7) is 12.2. The van der Waals surface area contributed by atoms with Gasteiger partial charge in [-0.1, -0.05) is 0 Å². The number of carbonyl (C=O) groups excluding carboxylic acids is 1. The van der Waals surface area contributed by atoms with Crippen LogP contribution in [0.15, 0.2) is 22.7 Å². The lowest BCUT2D eigenvalue weighted by atomic mass is 10.1. The van der Waals surface area contributed by atoms with Crippen molar-refractivity contribution >= 4 is 16.9 Å². The maximum atomic E-state index is 13.9. The van der Waals surface area contributed by atoms with E-state index in [1.807, 2.05) is 30.7 Å². The lowest BCUT2D eigenvalue weighted by Crippen LogP contribution is -2.42. The normalized spacial score (nSPS) is 19.7. The maximum absolute atomic E-state index is 13.9. The molecule has 0 aliphatic carbocycles. The number of fused-ring (bicyclic) bond motifs is 1. The van der Waals surface area contributed by atoms with Crippen LogP contribution >= 0.6 is 0 Å². The van der Waals surface area contributed by atoms with Gasteiger partial charge in [0.2, 0.25) is 0 Å². The van der Waals surface area contributed by atoms with Crippen molar-refractivity contribution in [1.82, 2.24) is 24.6 Å². The molecule has 0 saturated carbocycles. The van der Waals surface area contributed by atoms with Crippen molar-refractivity contribution in [3.05, 3.63) is 35.4 Å². The third kappa shape index (κ3) is 3.72. The molecule has 3 aromatic heterocycles. The first-order chi connectivity index (χ1) is 15.4. The number of hydrogen-bond donors (Lipinski definition) is 0. The SMILES string of the molecule is Cc1cc(-c2cc(C(=O)N3CCCC3CN3CCCC3)c3cnn(C(C)C)c3n2)c(C)o1. The summed E-state index contributed by atoms with van der Waals surface area (Å²) in [5.41, 5.74) is 3.16. The summed E-state index contributed by atoms with van der Waals surface area (Å²) >= 11 is 0. The van der Waals surface area contributed by atoms with E-state index in [2.05, 4.69) is 28.7 Å². The van der Waals surface area contributed by atoms with Crippen molar-refractivity contribution < 1.29 is 9.21 Å². The lowest BCUT2D eigenvalue weighted by Gasteiger charge is -2.29. The van der Waals surface area contributed by atoms with Gasteiger partial charge in [-0.25, -0.2) is 9.67 Å². The molecule has 2 aliphatic rings. The van der Waals surface area contributed by atoms with Gasteiger partial charge in [-0.2, -0.15) is 5.10 Å². The number of carbonyl (C=O) groups is 1. The van der Waals surface area contributed by atoms with E-state index in [0.29, 0.717) is 5.56 Å². The Morgan fingerprint density at radius 1 is 1.16 bits per heavy atom. The van der Waals surface area contributed by atoms with E-state index in [4.69, 9.17) is 9.40 Å². The van der Waals surface area contributed by atoms with Gasteiger partial charge < -0.3 is 14.2 Å². The van der Waals surface area contributed by atoms with Crippen LogP contribution in [0.3, 0.4) is 0 Å². The Bertz CT molecular complexity index is 1140. The highest BCUT2D eigenvalue weighted by molar-refractivity contribution is 6.06. The van der Waals surface area contributed by atoms with Crippen molar-refractivity contribution in [1.29, 1.82) is 0 Å². The zero-order valence-corrected chi connectivity index (χ0v) is 19.6. The quantitative estimate of drug-likeness (QED) is 0.586. The molecule has 0 bridgehead atoms. The molecule has 5 rings (SSSR count). The van der Waals surface area contributed by atoms with E-state index in [9.17, 15) is 4.79 Å². The van der Waals surface area contributed by atoms with Crippen LogP contribution in [0.2, 0.25) is 0 Å². The minimum absolute atomic E-state index is 0.0986. The molecule has 32 heavy (non-hydrogen) atoms. The molecule has 1 atom stereocenters. The van der Waals surface area contributed by atoms with Gasteiger partial charge in [-0.05, 0) is 78.6 Å². The van der Waals surface area contributed by atoms with Crippen LogP contribution in [-0.2, 0) is 0 Å². The van der Waals surface area contributed by atoms with Crippen LogP contribution < -0.4 is 0 Å². The molecule has 0 aromatic carbocycles. The topological polar surface area (TPSA) is 67.4 Å². The largest absolute Gasteiger partial charge is 0.466 e. The maximum Gasteiger partial charge on any atom is 0.255 e. The summed E-state index contributed by atoms with van der Waals surface area (Å²) in [5.74, 6) is 1.76. The smallest absolute Gasteiger partial charge is 0.255 e. The number of amides is 1. The van der Waals surface area contributed by atoms with Crippen molar-refractivity contribution in [2.45, 2.75) is 65.5 Å². The third-order valence-electron chi connectivity index (χ3n) is 6.91. The number of pyridine rings is 1. The number of likely N-dealkylation sites (tertiary alicyclic amines) is 2. The molecule has 1 unspecified atom stereocenters. The molecule has 5 heterocycles. The van der Waals surface area contributed by atoms with Crippen LogP contribution in [0.25, 0.3) is 22.3 Å². The number of nitrogens with zero attached hydrogens (tertiary/aromatic N) is 5. The predicted octanol–water partition coefficient (Wildman–Crippen LogP) is 4.59. The molecule has 2 saturated heterocycles. The van der Waals surface area contributed by atoms with Gasteiger partial charge >= 0.3 is 0 Å². The van der Waals surface area contributed by atoms with E-state index in [0.717, 1.165) is 72.8 Å². The number of aromatic nitrogens is 3. The summed E-state index contributed by atoms with van der Waals surface area (Å²) in [4.78, 5) is 23.5. The summed E-state index contributed by atoms with van der Waals surface area (Å²) in [6, 6.07) is 4.38. The number of hydrogen-bond acceptors (Lipinski definition) is 5. The minimum atomic E-state index is 0.0986. The second-order valence-electron chi connectivity index (χ2n) is 9.60. The molecular formula is C25H33N5O2. The average molecular weight is 436 g/mol. The Morgan fingerprint density at radius 2 is 1.94 bits per heavy atom. The fourth-order valence-electron chi connectivity index (χ4n) is 5.31. The van der Waals surface area contributed by atoms with E-state index >= 15 is 0 Å². The summed E-state index contributed by atoms with van der Waals surface area (Å²) < 4.78 is 7.67. The molecule has 0 radical (unpaired) electrons. The van der Waals surface area contributed by atoms with Gasteiger partial charge in [0.25, 0.3) is 5.91 Å². The fourth-order valence-corrected chi connectivity index (χ4v) is 5.31. The summed E-state index contributed by atoms with van der Waals surface area (Å²) in [7, 11) is 0. The molecular weight excluding hydrogens is 402 g/mol. The first-order valence-electron chi connectivity index (χ1n) is 11.9. The van der Waals surface area contributed by atoms with Gasteiger partial charge in [0.1, 0.15) is 11.5 Å². The van der Waals surface area contributed by atoms with Crippen molar-refractivity contribution in [2.24, 2.45) is 0 Å². The minimum Gasteiger partial charge on any atom is -0.466 e. The average Bonchev–Trinajstić information content (AvgIpc) is 3.54. The van der Waals surface area contributed by atoms with Gasteiger partial charge in [-0.3, -0.25) is 4.79 Å². The highest BCUT2D eigenvalue weighted by atomic mass is 16.3. The van der Waals surface area contributed by atoms with Gasteiger partial charge in [0, 0.05) is 30.7 Å². The van der Waals surface area contributed by atoms with Crippen molar-refractivity contribution in [3.63, 3.8) is 0 Å². The lowest BCUT2D eigenvalue weighted by molar-refractivity contribution is 0.0710. The molecule has 7 nitrogen and oxygen atoms in total. The summed E-state index contributed by atoms with van der Waals surface area (Å²) in [5, 5.41) is 5.41. The van der Waals surface area contributed by atoms with Crippen molar-refractivity contribution in [3.8, 4) is 11.3 Å². The molecule has 170 valence electrons. The van der Waals surface area contributed by atoms with E-state index in [-0.39, 0.29) is 18.0 Å². The second kappa shape index (κ2) is 8.35. The highest BCUT2D eigenvalue weighted by Gasteiger charge is 2.33. The number of rotatable bonds is 5. The second-order valence-corrected chi connectivity index (χ2v) is 9.60. The van der Waals surface area contributed by atoms with E-state index in [1.165, 1.54) is 12.8 Å². The Balaban J connectivity index is 1.57. The third-order valence-corrected chi connectivity index (χ3v) is 6.91. The standard InChI is InChI=1S/C25H33N5O2/c1-16(2)30-24-22(14-26-30)21(13-23(27-24)20-12-17(3)32-18(20)4)25(31)29-11-7-8-19(29)15-28-9-5-6-10-28/h12-14,16,19H,5-11,15H2,1-4H3. The molecule has 2 fully saturated rings. The van der Waals surface area contributed by atoms with Crippen LogP contribution in [-0.4, -0.2) is 62.7 Å². The Labute approximate surface area is 189 Å². The van der Waals surface area contributed by atoms with E-state index < -0.39 is 0 Å². The van der Waals surface area contributed by atoms with Crippen molar-refractivity contribution in [2.75, 3.05) is 26.2 Å². The first-order valence-corrected chi connectivity index (χ1v) is 11.9. The molecule has 3 aromatic rings. The van der Waals surface area contributed by atoms with E-state index in [1.54, 1.807) is 6.20 Å². The monoisotopic (exact) mass is 435 g/mol. The Morgan fingerprint density at radius 3 is 2.62 bits per heavy atom. The summed E-state index contributed by atoms with van der Waals surface area (Å²) in [6.07, 6.45) is 6.49. The fraction of sp³-hybridized carbons (Fsp3) is 0.560. The zero-order chi connectivity index (χ0) is 22.4. The van der Waals surface area contributed by atoms with Gasteiger partial charge in [0.05, 0.1) is 22.8 Å². The molecule has 2 aliphatic heterocycles. The molecule has 0 N–H and O–H groups in total. The van der Waals surface area contributed by atoms with Crippen LogP contribution in [0, 0.1) is 13.8 Å². The number of aryl methyl sites for hydroxylation is 2. The first kappa shape index (κ1) is 21.2. The Kier molecular flexibility index (Phi) is 5.53. The number of furan rings is 1.